The van der Waals surface area contributed by atoms with E-state index in [0.717, 1.165) is 5.56 Å². The number of amides is 1. The van der Waals surface area contributed by atoms with Gasteiger partial charge in [-0.1, -0.05) is 30.3 Å². The molecule has 0 N–H and O–H groups in total. The van der Waals surface area contributed by atoms with E-state index < -0.39 is 6.04 Å². The Kier molecular flexibility index (Phi) is 3.40. The summed E-state index contributed by atoms with van der Waals surface area (Å²) in [6.07, 6.45) is 1.85. The van der Waals surface area contributed by atoms with Crippen molar-refractivity contribution in [3.63, 3.8) is 0 Å². The number of nitrogens with zero attached hydrogens (tertiary/aromatic N) is 1. The SMILES string of the molecule is CC(=O)N(C)[C@H]([C]=O)c1ccccc1. The highest BCUT2D eigenvalue weighted by Crippen LogP contribution is 2.16. The van der Waals surface area contributed by atoms with Gasteiger partial charge in [0.05, 0.1) is 0 Å². The number of hydrogen-bond acceptors (Lipinski definition) is 2. The summed E-state index contributed by atoms with van der Waals surface area (Å²) >= 11 is 0. The molecule has 0 aliphatic heterocycles. The summed E-state index contributed by atoms with van der Waals surface area (Å²) in [5.74, 6) is -0.151. The molecule has 0 bridgehead atoms. The summed E-state index contributed by atoms with van der Waals surface area (Å²) < 4.78 is 0. The Bertz CT molecular complexity index is 321. The molecular formula is C11H12NO2. The largest absolute Gasteiger partial charge is 0.331 e. The predicted octanol–water partition coefficient (Wildman–Crippen LogP) is 1.32. The van der Waals surface area contributed by atoms with Crippen LogP contribution in [0.4, 0.5) is 0 Å². The van der Waals surface area contributed by atoms with Crippen molar-refractivity contribution in [2.24, 2.45) is 0 Å². The number of rotatable bonds is 3. The van der Waals surface area contributed by atoms with Gasteiger partial charge in [-0.15, -0.1) is 0 Å². The van der Waals surface area contributed by atoms with Crippen molar-refractivity contribution in [2.75, 3.05) is 7.05 Å². The minimum Gasteiger partial charge on any atom is -0.331 e. The van der Waals surface area contributed by atoms with Crippen LogP contribution in [0, 0.1) is 0 Å². The second kappa shape index (κ2) is 4.56. The molecule has 1 amide bonds. The van der Waals surface area contributed by atoms with Crippen LogP contribution in [0.2, 0.25) is 0 Å². The summed E-state index contributed by atoms with van der Waals surface area (Å²) in [6, 6.07) is 8.51. The quantitative estimate of drug-likeness (QED) is 0.720. The van der Waals surface area contributed by atoms with E-state index in [1.807, 2.05) is 24.5 Å². The van der Waals surface area contributed by atoms with Gasteiger partial charge in [-0.3, -0.25) is 9.59 Å². The summed E-state index contributed by atoms with van der Waals surface area (Å²) in [7, 11) is 1.59. The second-order valence-electron chi connectivity index (χ2n) is 3.06. The first-order valence-corrected chi connectivity index (χ1v) is 4.33. The van der Waals surface area contributed by atoms with E-state index in [9.17, 15) is 9.59 Å². The van der Waals surface area contributed by atoms with Crippen molar-refractivity contribution >= 4 is 12.2 Å². The topological polar surface area (TPSA) is 37.4 Å². The molecule has 0 saturated heterocycles. The number of carbonyl (C=O) groups excluding carboxylic acids is 2. The van der Waals surface area contributed by atoms with Crippen LogP contribution >= 0.6 is 0 Å². The highest BCUT2D eigenvalue weighted by molar-refractivity contribution is 5.78. The third-order valence-electron chi connectivity index (χ3n) is 2.11. The van der Waals surface area contributed by atoms with E-state index in [0.29, 0.717) is 0 Å². The fourth-order valence-electron chi connectivity index (χ4n) is 1.19. The molecule has 0 spiro atoms. The van der Waals surface area contributed by atoms with Crippen LogP contribution in [0.25, 0.3) is 0 Å². The van der Waals surface area contributed by atoms with E-state index in [4.69, 9.17) is 0 Å². The summed E-state index contributed by atoms with van der Waals surface area (Å²) in [6.45, 7) is 1.42. The lowest BCUT2D eigenvalue weighted by molar-refractivity contribution is -0.128. The highest BCUT2D eigenvalue weighted by atomic mass is 16.2. The molecule has 3 nitrogen and oxygen atoms in total. The minimum absolute atomic E-state index is 0.151. The minimum atomic E-state index is -0.603. The van der Waals surface area contributed by atoms with Crippen molar-refractivity contribution in [2.45, 2.75) is 13.0 Å². The maximum atomic E-state index is 11.1. The van der Waals surface area contributed by atoms with E-state index in [-0.39, 0.29) is 5.91 Å². The van der Waals surface area contributed by atoms with Crippen LogP contribution in [0.5, 0.6) is 0 Å². The lowest BCUT2D eigenvalue weighted by atomic mass is 10.1. The van der Waals surface area contributed by atoms with Crippen LogP contribution in [-0.2, 0) is 9.59 Å². The molecule has 1 aromatic rings. The molecule has 0 unspecified atom stereocenters. The molecule has 0 aromatic heterocycles. The molecule has 73 valence electrons. The zero-order chi connectivity index (χ0) is 10.6. The van der Waals surface area contributed by atoms with Gasteiger partial charge in [0.2, 0.25) is 12.2 Å². The van der Waals surface area contributed by atoms with Gasteiger partial charge in [-0.05, 0) is 5.56 Å². The lowest BCUT2D eigenvalue weighted by Crippen LogP contribution is -2.29. The first-order valence-electron chi connectivity index (χ1n) is 4.33. The van der Waals surface area contributed by atoms with Crippen LogP contribution in [0.15, 0.2) is 30.3 Å². The van der Waals surface area contributed by atoms with Crippen molar-refractivity contribution in [3.8, 4) is 0 Å². The third kappa shape index (κ3) is 2.19. The van der Waals surface area contributed by atoms with Crippen LogP contribution in [0.1, 0.15) is 18.5 Å². The maximum absolute atomic E-state index is 11.1. The summed E-state index contributed by atoms with van der Waals surface area (Å²) in [5.41, 5.74) is 0.778. The molecule has 0 aliphatic carbocycles. The van der Waals surface area contributed by atoms with Gasteiger partial charge in [-0.2, -0.15) is 0 Å². The summed E-state index contributed by atoms with van der Waals surface area (Å²) in [4.78, 5) is 23.2. The Balaban J connectivity index is 2.93. The highest BCUT2D eigenvalue weighted by Gasteiger charge is 2.18. The number of likely N-dealkylation sites (N-methyl/N-ethyl adjacent to an activating group) is 1. The molecule has 1 atom stereocenters. The van der Waals surface area contributed by atoms with Gasteiger partial charge in [-0.25, -0.2) is 0 Å². The van der Waals surface area contributed by atoms with Crippen LogP contribution < -0.4 is 0 Å². The average molecular weight is 190 g/mol. The van der Waals surface area contributed by atoms with Gasteiger partial charge in [0.15, 0.2) is 0 Å². The standard InChI is InChI=1S/C11H12NO2/c1-9(14)12(2)11(8-13)10-6-4-3-5-7-10/h3-7,11H,1-2H3/t11-/m1/s1. The molecule has 1 aromatic carbocycles. The molecule has 0 heterocycles. The number of carbonyl (C=O) groups is 1. The molecule has 0 fully saturated rings. The Morgan fingerprint density at radius 3 is 2.36 bits per heavy atom. The summed E-state index contributed by atoms with van der Waals surface area (Å²) in [5, 5.41) is 0. The smallest absolute Gasteiger partial charge is 0.227 e. The van der Waals surface area contributed by atoms with Crippen molar-refractivity contribution in [3.05, 3.63) is 35.9 Å². The zero-order valence-corrected chi connectivity index (χ0v) is 8.23. The Morgan fingerprint density at radius 2 is 1.93 bits per heavy atom. The number of benzene rings is 1. The fraction of sp³-hybridized carbons (Fsp3) is 0.273. The van der Waals surface area contributed by atoms with E-state index in [1.165, 1.54) is 11.8 Å². The van der Waals surface area contributed by atoms with Crippen molar-refractivity contribution < 1.29 is 9.59 Å². The van der Waals surface area contributed by atoms with E-state index in [1.54, 1.807) is 19.2 Å². The zero-order valence-electron chi connectivity index (χ0n) is 8.23. The normalized spacial score (nSPS) is 11.9. The number of hydrogen-bond donors (Lipinski definition) is 0. The van der Waals surface area contributed by atoms with Gasteiger partial charge in [0.25, 0.3) is 0 Å². The Hall–Kier alpha value is -1.64. The first-order chi connectivity index (χ1) is 6.66. The molecule has 0 aliphatic rings. The van der Waals surface area contributed by atoms with Crippen molar-refractivity contribution in [1.82, 2.24) is 4.90 Å². The second-order valence-corrected chi connectivity index (χ2v) is 3.06. The van der Waals surface area contributed by atoms with Crippen LogP contribution in [-0.4, -0.2) is 24.1 Å². The first kappa shape index (κ1) is 10.4. The molecule has 1 rings (SSSR count). The predicted molar refractivity (Wildman–Crippen MR) is 53.3 cm³/mol. The molecule has 14 heavy (non-hydrogen) atoms. The van der Waals surface area contributed by atoms with Gasteiger partial charge >= 0.3 is 0 Å². The monoisotopic (exact) mass is 190 g/mol. The van der Waals surface area contributed by atoms with E-state index in [2.05, 4.69) is 0 Å². The van der Waals surface area contributed by atoms with Gasteiger partial charge in [0.1, 0.15) is 6.04 Å². The molecule has 3 heteroatoms. The third-order valence-corrected chi connectivity index (χ3v) is 2.11. The molecule has 0 saturated carbocycles. The van der Waals surface area contributed by atoms with Gasteiger partial charge < -0.3 is 4.90 Å². The lowest BCUT2D eigenvalue weighted by Gasteiger charge is -2.21. The maximum Gasteiger partial charge on any atom is 0.227 e. The Labute approximate surface area is 83.3 Å². The Morgan fingerprint density at radius 1 is 1.36 bits per heavy atom. The van der Waals surface area contributed by atoms with E-state index >= 15 is 0 Å². The average Bonchev–Trinajstić information content (AvgIpc) is 2.20. The van der Waals surface area contributed by atoms with Crippen molar-refractivity contribution in [1.29, 1.82) is 0 Å². The molecule has 1 radical (unpaired) electrons. The fourth-order valence-corrected chi connectivity index (χ4v) is 1.19. The van der Waals surface area contributed by atoms with Crippen LogP contribution in [0.3, 0.4) is 0 Å². The van der Waals surface area contributed by atoms with Gasteiger partial charge in [0, 0.05) is 14.0 Å². The molecular weight excluding hydrogens is 178 g/mol.